The number of nitrogens with one attached hydrogen (secondary N) is 1. The lowest BCUT2D eigenvalue weighted by atomic mass is 9.99. The zero-order valence-corrected chi connectivity index (χ0v) is 10.4. The topological polar surface area (TPSA) is 54.3 Å². The monoisotopic (exact) mass is 252 g/mol. The van der Waals surface area contributed by atoms with Crippen molar-refractivity contribution in [1.29, 1.82) is 0 Å². The second-order valence-electron chi connectivity index (χ2n) is 4.70. The molecule has 1 saturated heterocycles. The molecule has 3 heterocycles. The summed E-state index contributed by atoms with van der Waals surface area (Å²) < 4.78 is 2.17. The fourth-order valence-corrected chi connectivity index (χ4v) is 4.29. The van der Waals surface area contributed by atoms with Crippen LogP contribution in [0, 0.1) is 5.92 Å². The van der Waals surface area contributed by atoms with Gasteiger partial charge < -0.3 is 15.0 Å². The van der Waals surface area contributed by atoms with Crippen LogP contribution in [-0.2, 0) is 5.75 Å². The largest absolute Gasteiger partial charge is 0.478 e. The zero-order valence-electron chi connectivity index (χ0n) is 9.56. The number of piperidine rings is 1. The Hall–Kier alpha value is -0.940. The van der Waals surface area contributed by atoms with Gasteiger partial charge in [0.25, 0.3) is 0 Å². The Kier molecular flexibility index (Phi) is 2.88. The van der Waals surface area contributed by atoms with Crippen molar-refractivity contribution < 1.29 is 9.90 Å². The highest BCUT2D eigenvalue weighted by Gasteiger charge is 2.33. The van der Waals surface area contributed by atoms with Crippen molar-refractivity contribution in [3.8, 4) is 0 Å². The van der Waals surface area contributed by atoms with E-state index in [0.717, 1.165) is 24.5 Å². The minimum absolute atomic E-state index is 0.422. The molecular formula is C12H16N2O2S. The first-order valence-corrected chi connectivity index (χ1v) is 7.07. The number of hydrogen-bond donors (Lipinski definition) is 2. The van der Waals surface area contributed by atoms with E-state index in [2.05, 4.69) is 9.88 Å². The first-order chi connectivity index (χ1) is 8.27. The van der Waals surface area contributed by atoms with E-state index in [1.165, 1.54) is 12.8 Å². The molecule has 0 amide bonds. The van der Waals surface area contributed by atoms with Gasteiger partial charge >= 0.3 is 5.97 Å². The number of carboxylic acid groups (broad SMARTS) is 1. The third-order valence-corrected chi connectivity index (χ3v) is 5.05. The predicted octanol–water partition coefficient (Wildman–Crippen LogP) is 1.93. The van der Waals surface area contributed by atoms with Gasteiger partial charge in [-0.15, -0.1) is 11.8 Å². The van der Waals surface area contributed by atoms with Gasteiger partial charge in [0.1, 0.15) is 0 Å². The summed E-state index contributed by atoms with van der Waals surface area (Å²) in [5.74, 6) is 0.654. The summed E-state index contributed by atoms with van der Waals surface area (Å²) in [6.45, 7) is 2.17. The number of carboxylic acids is 1. The molecule has 0 spiro atoms. The molecule has 0 saturated carbocycles. The molecule has 17 heavy (non-hydrogen) atoms. The highest BCUT2D eigenvalue weighted by atomic mass is 32.2. The summed E-state index contributed by atoms with van der Waals surface area (Å²) in [6, 6.07) is 1.74. The van der Waals surface area contributed by atoms with Crippen LogP contribution in [-0.4, -0.2) is 28.7 Å². The van der Waals surface area contributed by atoms with Crippen molar-refractivity contribution >= 4 is 17.7 Å². The van der Waals surface area contributed by atoms with E-state index in [4.69, 9.17) is 5.11 Å². The van der Waals surface area contributed by atoms with E-state index in [9.17, 15) is 4.79 Å². The van der Waals surface area contributed by atoms with Gasteiger partial charge in [-0.2, -0.15) is 0 Å². The molecule has 1 aromatic rings. The minimum Gasteiger partial charge on any atom is -0.478 e. The third-order valence-electron chi connectivity index (χ3n) is 3.66. The van der Waals surface area contributed by atoms with Crippen molar-refractivity contribution in [2.24, 2.45) is 5.92 Å². The maximum Gasteiger partial charge on any atom is 0.337 e. The molecule has 2 N–H and O–H groups in total. The van der Waals surface area contributed by atoms with Gasteiger partial charge in [-0.05, 0) is 25.5 Å². The maximum absolute atomic E-state index is 11.1. The molecule has 2 atom stereocenters. The molecule has 0 bridgehead atoms. The van der Waals surface area contributed by atoms with Crippen molar-refractivity contribution in [3.63, 3.8) is 0 Å². The molecule has 1 fully saturated rings. The molecule has 1 aromatic heterocycles. The van der Waals surface area contributed by atoms with Crippen LogP contribution in [0.4, 0.5) is 0 Å². The van der Waals surface area contributed by atoms with Crippen LogP contribution < -0.4 is 5.32 Å². The zero-order chi connectivity index (χ0) is 11.8. The molecule has 2 aliphatic heterocycles. The van der Waals surface area contributed by atoms with Crippen LogP contribution in [0.15, 0.2) is 12.3 Å². The van der Waals surface area contributed by atoms with E-state index in [1.54, 1.807) is 6.07 Å². The minimum atomic E-state index is -0.804. The first kappa shape index (κ1) is 11.2. The molecule has 3 rings (SSSR count). The van der Waals surface area contributed by atoms with Crippen LogP contribution in [0.1, 0.15) is 34.3 Å². The highest BCUT2D eigenvalue weighted by Crippen LogP contribution is 2.44. The summed E-state index contributed by atoms with van der Waals surface area (Å²) in [6.07, 6.45) is 4.41. The summed E-state index contributed by atoms with van der Waals surface area (Å²) in [7, 11) is 0. The van der Waals surface area contributed by atoms with Gasteiger partial charge in [0.05, 0.1) is 10.9 Å². The normalized spacial score (nSPS) is 28.0. The highest BCUT2D eigenvalue weighted by molar-refractivity contribution is 7.98. The number of carbonyl (C=O) groups is 1. The van der Waals surface area contributed by atoms with Gasteiger partial charge in [-0.1, -0.05) is 0 Å². The van der Waals surface area contributed by atoms with Gasteiger partial charge in [-0.25, -0.2) is 4.79 Å². The van der Waals surface area contributed by atoms with Gasteiger partial charge in [0, 0.05) is 30.1 Å². The molecule has 0 aromatic carbocycles. The van der Waals surface area contributed by atoms with Crippen LogP contribution in [0.25, 0.3) is 0 Å². The van der Waals surface area contributed by atoms with E-state index >= 15 is 0 Å². The molecule has 5 heteroatoms. The summed E-state index contributed by atoms with van der Waals surface area (Å²) in [4.78, 5) is 11.1. The van der Waals surface area contributed by atoms with E-state index in [0.29, 0.717) is 16.9 Å². The Labute approximate surface area is 104 Å². The van der Waals surface area contributed by atoms with Gasteiger partial charge in [0.15, 0.2) is 0 Å². The van der Waals surface area contributed by atoms with Crippen LogP contribution in [0.5, 0.6) is 0 Å². The van der Waals surface area contributed by atoms with Crippen molar-refractivity contribution in [2.45, 2.75) is 24.0 Å². The average Bonchev–Trinajstić information content (AvgIpc) is 2.89. The lowest BCUT2D eigenvalue weighted by Crippen LogP contribution is -2.33. The summed E-state index contributed by atoms with van der Waals surface area (Å²) >= 11 is 1.88. The van der Waals surface area contributed by atoms with E-state index in [-0.39, 0.29) is 0 Å². The second-order valence-corrected chi connectivity index (χ2v) is 5.80. The summed E-state index contributed by atoms with van der Waals surface area (Å²) in [5, 5.41) is 13.0. The predicted molar refractivity (Wildman–Crippen MR) is 67.3 cm³/mol. The lowest BCUT2D eigenvalue weighted by molar-refractivity contribution is 0.0696. The average molecular weight is 252 g/mol. The Bertz CT molecular complexity index is 438. The van der Waals surface area contributed by atoms with E-state index < -0.39 is 5.97 Å². The molecule has 0 radical (unpaired) electrons. The Morgan fingerprint density at radius 3 is 3.18 bits per heavy atom. The third kappa shape index (κ3) is 1.87. The van der Waals surface area contributed by atoms with E-state index in [1.807, 2.05) is 18.0 Å². The number of nitrogens with zero attached hydrogens (tertiary/aromatic N) is 1. The molecular weight excluding hydrogens is 236 g/mol. The van der Waals surface area contributed by atoms with Crippen LogP contribution in [0.3, 0.4) is 0 Å². The fraction of sp³-hybridized carbons (Fsp3) is 0.583. The standard InChI is InChI=1S/C12H16N2O2S/c15-12(16)9-3-5-14-10(9)7-17-11(14)8-2-1-4-13-6-8/h3,5,8,11,13H,1-2,4,6-7H2,(H,15,16). The SMILES string of the molecule is O=C(O)c1ccn2c1CSC2C1CCCNC1. The first-order valence-electron chi connectivity index (χ1n) is 6.02. The van der Waals surface area contributed by atoms with Crippen LogP contribution >= 0.6 is 11.8 Å². The van der Waals surface area contributed by atoms with Crippen LogP contribution in [0.2, 0.25) is 0 Å². The number of fused-ring (bicyclic) bond motifs is 1. The molecule has 2 aliphatic rings. The smallest absolute Gasteiger partial charge is 0.337 e. The van der Waals surface area contributed by atoms with Gasteiger partial charge in [0.2, 0.25) is 0 Å². The van der Waals surface area contributed by atoms with Crippen molar-refractivity contribution in [2.75, 3.05) is 13.1 Å². The molecule has 92 valence electrons. The van der Waals surface area contributed by atoms with Crippen molar-refractivity contribution in [3.05, 3.63) is 23.5 Å². The fourth-order valence-electron chi connectivity index (χ4n) is 2.80. The number of aromatic carboxylic acids is 1. The molecule has 4 nitrogen and oxygen atoms in total. The summed E-state index contributed by atoms with van der Waals surface area (Å²) in [5.41, 5.74) is 1.46. The Balaban J connectivity index is 1.86. The second kappa shape index (κ2) is 4.38. The maximum atomic E-state index is 11.1. The Morgan fingerprint density at radius 1 is 1.59 bits per heavy atom. The molecule has 0 aliphatic carbocycles. The van der Waals surface area contributed by atoms with Crippen molar-refractivity contribution in [1.82, 2.24) is 9.88 Å². The lowest BCUT2D eigenvalue weighted by Gasteiger charge is -2.28. The Morgan fingerprint density at radius 2 is 2.47 bits per heavy atom. The molecule has 2 unspecified atom stereocenters. The number of aromatic nitrogens is 1. The van der Waals surface area contributed by atoms with Gasteiger partial charge in [-0.3, -0.25) is 0 Å². The number of rotatable bonds is 2. The number of hydrogen-bond acceptors (Lipinski definition) is 3. The number of thioether (sulfide) groups is 1. The quantitative estimate of drug-likeness (QED) is 0.844.